The molecule has 2 aromatic heterocycles. The van der Waals surface area contributed by atoms with E-state index in [4.69, 9.17) is 14.5 Å². The number of hydrogen-bond acceptors (Lipinski definition) is 5. The van der Waals surface area contributed by atoms with Crippen LogP contribution in [-0.4, -0.2) is 40.0 Å². The molecule has 0 atom stereocenters. The standard InChI is InChI=1S/C20H20N2O4S/c1-12-11-26-15(10-17(23)24)18(12)20(25)22-8-6-13(7-9-22)19-21-14-4-2-3-5-16(14)27-19/h2-5,11,13H,6-10H2,1H3,(H,23,24). The third-order valence-corrected chi connectivity index (χ3v) is 6.22. The van der Waals surface area contributed by atoms with Gasteiger partial charge in [-0.1, -0.05) is 12.1 Å². The molecule has 0 radical (unpaired) electrons. The molecule has 3 aromatic rings. The number of carboxylic acid groups (broad SMARTS) is 1. The summed E-state index contributed by atoms with van der Waals surface area (Å²) in [6.45, 7) is 3.04. The number of fused-ring (bicyclic) bond motifs is 1. The lowest BCUT2D eigenvalue weighted by Crippen LogP contribution is -2.38. The van der Waals surface area contributed by atoms with Crippen LogP contribution in [0.1, 0.15) is 45.4 Å². The van der Waals surface area contributed by atoms with E-state index in [9.17, 15) is 9.59 Å². The SMILES string of the molecule is Cc1coc(CC(=O)O)c1C(=O)N1CCC(c2nc3ccccc3s2)CC1. The monoisotopic (exact) mass is 384 g/mol. The Morgan fingerprint density at radius 3 is 2.74 bits per heavy atom. The summed E-state index contributed by atoms with van der Waals surface area (Å²) in [6, 6.07) is 8.13. The molecule has 1 aliphatic heterocycles. The zero-order valence-corrected chi connectivity index (χ0v) is 15.8. The number of aliphatic carboxylic acids is 1. The third kappa shape index (κ3) is 3.47. The van der Waals surface area contributed by atoms with Crippen LogP contribution < -0.4 is 0 Å². The van der Waals surface area contributed by atoms with E-state index in [1.807, 2.05) is 18.2 Å². The molecule has 3 heterocycles. The number of amides is 1. The lowest BCUT2D eigenvalue weighted by atomic mass is 9.96. The van der Waals surface area contributed by atoms with Crippen molar-refractivity contribution in [1.82, 2.24) is 9.88 Å². The molecule has 6 nitrogen and oxygen atoms in total. The van der Waals surface area contributed by atoms with Gasteiger partial charge in [-0.05, 0) is 31.9 Å². The van der Waals surface area contributed by atoms with Gasteiger partial charge in [0.15, 0.2) is 0 Å². The first-order valence-electron chi connectivity index (χ1n) is 8.96. The molecule has 0 unspecified atom stereocenters. The van der Waals surface area contributed by atoms with Gasteiger partial charge in [-0.25, -0.2) is 4.98 Å². The molecule has 4 rings (SSSR count). The van der Waals surface area contributed by atoms with E-state index in [1.54, 1.807) is 23.2 Å². The summed E-state index contributed by atoms with van der Waals surface area (Å²) in [4.78, 5) is 30.5. The van der Waals surface area contributed by atoms with Crippen molar-refractivity contribution in [2.24, 2.45) is 0 Å². The predicted octanol–water partition coefficient (Wildman–Crippen LogP) is 3.84. The van der Waals surface area contributed by atoms with Crippen molar-refractivity contribution in [3.8, 4) is 0 Å². The lowest BCUT2D eigenvalue weighted by Gasteiger charge is -2.31. The highest BCUT2D eigenvalue weighted by atomic mass is 32.1. The topological polar surface area (TPSA) is 83.6 Å². The van der Waals surface area contributed by atoms with Crippen molar-refractivity contribution < 1.29 is 19.1 Å². The average Bonchev–Trinajstić information content (AvgIpc) is 3.24. The van der Waals surface area contributed by atoms with Gasteiger partial charge in [0.2, 0.25) is 0 Å². The van der Waals surface area contributed by atoms with Gasteiger partial charge in [0.25, 0.3) is 5.91 Å². The van der Waals surface area contributed by atoms with Gasteiger partial charge in [0, 0.05) is 24.6 Å². The van der Waals surface area contributed by atoms with Gasteiger partial charge in [-0.2, -0.15) is 0 Å². The summed E-state index contributed by atoms with van der Waals surface area (Å²) in [5.41, 5.74) is 2.11. The van der Waals surface area contributed by atoms with Crippen molar-refractivity contribution in [3.63, 3.8) is 0 Å². The fourth-order valence-electron chi connectivity index (χ4n) is 3.60. The molecule has 1 fully saturated rings. The predicted molar refractivity (Wildman–Crippen MR) is 102 cm³/mol. The Kier molecular flexibility index (Phi) is 4.70. The van der Waals surface area contributed by atoms with Gasteiger partial charge in [-0.3, -0.25) is 9.59 Å². The number of carbonyl (C=O) groups excluding carboxylic acids is 1. The molecule has 1 N–H and O–H groups in total. The van der Waals surface area contributed by atoms with Crippen LogP contribution in [0.25, 0.3) is 10.2 Å². The van der Waals surface area contributed by atoms with Crippen LogP contribution in [0.2, 0.25) is 0 Å². The number of hydrogen-bond donors (Lipinski definition) is 1. The van der Waals surface area contributed by atoms with E-state index in [1.165, 1.54) is 11.0 Å². The summed E-state index contributed by atoms with van der Waals surface area (Å²) < 4.78 is 6.50. The van der Waals surface area contributed by atoms with Crippen molar-refractivity contribution in [2.75, 3.05) is 13.1 Å². The van der Waals surface area contributed by atoms with Gasteiger partial charge in [0.05, 0.1) is 27.1 Å². The second-order valence-corrected chi connectivity index (χ2v) is 7.94. The Morgan fingerprint density at radius 1 is 1.30 bits per heavy atom. The number of aromatic nitrogens is 1. The highest BCUT2D eigenvalue weighted by Gasteiger charge is 2.30. The Morgan fingerprint density at radius 2 is 2.04 bits per heavy atom. The van der Waals surface area contributed by atoms with Gasteiger partial charge >= 0.3 is 5.97 Å². The molecule has 1 amide bonds. The van der Waals surface area contributed by atoms with Crippen molar-refractivity contribution in [2.45, 2.75) is 32.1 Å². The Hall–Kier alpha value is -2.67. The molecule has 0 aliphatic carbocycles. The molecule has 140 valence electrons. The summed E-state index contributed by atoms with van der Waals surface area (Å²) in [5, 5.41) is 10.2. The largest absolute Gasteiger partial charge is 0.481 e. The van der Waals surface area contributed by atoms with Crippen LogP contribution in [0.5, 0.6) is 0 Å². The highest BCUT2D eigenvalue weighted by Crippen LogP contribution is 2.34. The first-order chi connectivity index (χ1) is 13.0. The van der Waals surface area contributed by atoms with Crippen LogP contribution in [0, 0.1) is 6.92 Å². The number of benzene rings is 1. The van der Waals surface area contributed by atoms with Gasteiger partial charge in [0.1, 0.15) is 12.2 Å². The van der Waals surface area contributed by atoms with E-state index in [0.717, 1.165) is 23.4 Å². The number of carboxylic acids is 1. The van der Waals surface area contributed by atoms with E-state index in [-0.39, 0.29) is 18.1 Å². The minimum atomic E-state index is -1.01. The number of rotatable bonds is 4. The van der Waals surface area contributed by atoms with Crippen LogP contribution in [0.3, 0.4) is 0 Å². The molecule has 27 heavy (non-hydrogen) atoms. The molecular formula is C20H20N2O4S. The first-order valence-corrected chi connectivity index (χ1v) is 9.78. The zero-order valence-electron chi connectivity index (χ0n) is 15.0. The molecule has 0 bridgehead atoms. The maximum atomic E-state index is 12.9. The smallest absolute Gasteiger partial charge is 0.311 e. The maximum Gasteiger partial charge on any atom is 0.311 e. The molecule has 1 aliphatic rings. The summed E-state index contributed by atoms with van der Waals surface area (Å²) in [5.74, 6) is -0.554. The number of furan rings is 1. The van der Waals surface area contributed by atoms with Crippen LogP contribution in [0.15, 0.2) is 34.9 Å². The zero-order chi connectivity index (χ0) is 19.0. The Balaban J connectivity index is 1.47. The number of likely N-dealkylation sites (tertiary alicyclic amines) is 1. The maximum absolute atomic E-state index is 12.9. The molecule has 1 saturated heterocycles. The highest BCUT2D eigenvalue weighted by molar-refractivity contribution is 7.18. The minimum absolute atomic E-state index is 0.139. The number of nitrogens with zero attached hydrogens (tertiary/aromatic N) is 2. The fraction of sp³-hybridized carbons (Fsp3) is 0.350. The second-order valence-electron chi connectivity index (χ2n) is 6.87. The van der Waals surface area contributed by atoms with Crippen molar-refractivity contribution in [1.29, 1.82) is 0 Å². The average molecular weight is 384 g/mol. The van der Waals surface area contributed by atoms with Gasteiger partial charge in [-0.15, -0.1) is 11.3 Å². The number of carbonyl (C=O) groups is 2. The van der Waals surface area contributed by atoms with E-state index in [2.05, 4.69) is 6.07 Å². The fourth-order valence-corrected chi connectivity index (χ4v) is 4.74. The number of para-hydroxylation sites is 1. The lowest BCUT2D eigenvalue weighted by molar-refractivity contribution is -0.136. The molecule has 1 aromatic carbocycles. The third-order valence-electron chi connectivity index (χ3n) is 5.02. The van der Waals surface area contributed by atoms with E-state index >= 15 is 0 Å². The van der Waals surface area contributed by atoms with Gasteiger partial charge < -0.3 is 14.4 Å². The van der Waals surface area contributed by atoms with Crippen LogP contribution >= 0.6 is 11.3 Å². The van der Waals surface area contributed by atoms with Crippen molar-refractivity contribution >= 4 is 33.4 Å². The molecular weight excluding hydrogens is 364 g/mol. The van der Waals surface area contributed by atoms with E-state index in [0.29, 0.717) is 30.1 Å². The molecule has 7 heteroatoms. The Bertz CT molecular complexity index is 966. The van der Waals surface area contributed by atoms with Crippen molar-refractivity contribution in [3.05, 3.63) is 52.4 Å². The minimum Gasteiger partial charge on any atom is -0.481 e. The summed E-state index contributed by atoms with van der Waals surface area (Å²) >= 11 is 1.73. The normalized spacial score (nSPS) is 15.4. The summed E-state index contributed by atoms with van der Waals surface area (Å²) in [7, 11) is 0. The first kappa shape index (κ1) is 17.7. The number of aryl methyl sites for hydroxylation is 1. The number of thiazole rings is 1. The van der Waals surface area contributed by atoms with Crippen LogP contribution in [0.4, 0.5) is 0 Å². The number of piperidine rings is 1. The molecule has 0 spiro atoms. The summed E-state index contributed by atoms with van der Waals surface area (Å²) in [6.07, 6.45) is 2.89. The quantitative estimate of drug-likeness (QED) is 0.739. The second kappa shape index (κ2) is 7.15. The molecule has 0 saturated carbocycles. The van der Waals surface area contributed by atoms with E-state index < -0.39 is 5.97 Å². The van der Waals surface area contributed by atoms with Crippen LogP contribution in [-0.2, 0) is 11.2 Å². The Labute approximate surface area is 160 Å².